The van der Waals surface area contributed by atoms with E-state index >= 15 is 0 Å². The predicted octanol–water partition coefficient (Wildman–Crippen LogP) is 3.37. The minimum absolute atomic E-state index is 0. The lowest BCUT2D eigenvalue weighted by molar-refractivity contribution is 0.311. The molecule has 8 heteroatoms. The van der Waals surface area contributed by atoms with Gasteiger partial charge in [0.25, 0.3) is 5.89 Å². The molecule has 23 heavy (non-hydrogen) atoms. The Morgan fingerprint density at radius 1 is 1.39 bits per heavy atom. The van der Waals surface area contributed by atoms with Gasteiger partial charge in [0.05, 0.1) is 18.7 Å². The lowest BCUT2D eigenvalue weighted by Crippen LogP contribution is -2.24. The van der Waals surface area contributed by atoms with E-state index in [4.69, 9.17) is 25.6 Å². The number of likely N-dealkylation sites (N-methyl/N-ethyl adjacent to an activating group) is 1. The Balaban J connectivity index is 0.00000264. The van der Waals surface area contributed by atoms with Crippen LogP contribution in [-0.4, -0.2) is 36.9 Å². The molecule has 0 saturated carbocycles. The fourth-order valence-corrected chi connectivity index (χ4v) is 2.22. The first-order valence-electron chi connectivity index (χ1n) is 7.09. The molecule has 1 N–H and O–H groups in total. The van der Waals surface area contributed by atoms with Crippen molar-refractivity contribution in [2.45, 2.75) is 26.3 Å². The molecule has 0 radical (unpaired) electrons. The Morgan fingerprint density at radius 3 is 2.74 bits per heavy atom. The third-order valence-corrected chi connectivity index (χ3v) is 3.50. The quantitative estimate of drug-likeness (QED) is 0.815. The van der Waals surface area contributed by atoms with Crippen LogP contribution in [0.15, 0.2) is 16.7 Å². The molecule has 6 nitrogen and oxygen atoms in total. The second-order valence-electron chi connectivity index (χ2n) is 4.83. The molecule has 1 unspecified atom stereocenters. The van der Waals surface area contributed by atoms with Crippen LogP contribution in [0.2, 0.25) is 5.02 Å². The van der Waals surface area contributed by atoms with Crippen molar-refractivity contribution in [1.82, 2.24) is 15.5 Å². The number of ether oxygens (including phenoxy) is 2. The third-order valence-electron chi connectivity index (χ3n) is 3.21. The second kappa shape index (κ2) is 8.96. The van der Waals surface area contributed by atoms with Crippen LogP contribution in [0.4, 0.5) is 0 Å². The molecule has 0 aliphatic heterocycles. The van der Waals surface area contributed by atoms with E-state index in [1.165, 1.54) is 0 Å². The molecule has 1 aromatic carbocycles. The molecular formula is C15H21Cl2N3O3. The number of hydrogen-bond donors (Lipinski definition) is 1. The number of halogens is 2. The van der Waals surface area contributed by atoms with Gasteiger partial charge in [-0.05, 0) is 33.0 Å². The summed E-state index contributed by atoms with van der Waals surface area (Å²) in [4.78, 5) is 4.39. The minimum Gasteiger partial charge on any atom is -0.493 e. The highest BCUT2D eigenvalue weighted by atomic mass is 35.5. The van der Waals surface area contributed by atoms with Crippen molar-refractivity contribution in [3.8, 4) is 23.0 Å². The average molecular weight is 362 g/mol. The van der Waals surface area contributed by atoms with Gasteiger partial charge in [0, 0.05) is 18.0 Å². The summed E-state index contributed by atoms with van der Waals surface area (Å²) in [6, 6.07) is 3.77. The number of rotatable bonds is 7. The Morgan fingerprint density at radius 2 is 2.13 bits per heavy atom. The third kappa shape index (κ3) is 4.73. The Kier molecular flexibility index (Phi) is 7.61. The van der Waals surface area contributed by atoms with Gasteiger partial charge in [-0.1, -0.05) is 16.8 Å². The molecule has 2 aromatic rings. The van der Waals surface area contributed by atoms with E-state index in [-0.39, 0.29) is 18.4 Å². The van der Waals surface area contributed by atoms with E-state index in [9.17, 15) is 0 Å². The zero-order valence-corrected chi connectivity index (χ0v) is 15.1. The van der Waals surface area contributed by atoms with Gasteiger partial charge < -0.3 is 19.3 Å². The van der Waals surface area contributed by atoms with E-state index in [2.05, 4.69) is 15.5 Å². The number of aromatic nitrogens is 2. The first kappa shape index (κ1) is 19.5. The van der Waals surface area contributed by atoms with Crippen LogP contribution in [0.3, 0.4) is 0 Å². The number of benzene rings is 1. The van der Waals surface area contributed by atoms with Crippen LogP contribution >= 0.6 is 24.0 Å². The van der Waals surface area contributed by atoms with Gasteiger partial charge in [-0.3, -0.25) is 0 Å². The SMILES string of the molecule is CCOc1c(Cl)cc(-c2nc(CC(C)NC)no2)cc1OC.Cl. The van der Waals surface area contributed by atoms with Crippen molar-refractivity contribution in [3.05, 3.63) is 23.0 Å². The second-order valence-corrected chi connectivity index (χ2v) is 5.24. The van der Waals surface area contributed by atoms with E-state index < -0.39 is 0 Å². The summed E-state index contributed by atoms with van der Waals surface area (Å²) in [7, 11) is 3.45. The number of nitrogens with zero attached hydrogens (tertiary/aromatic N) is 2. The van der Waals surface area contributed by atoms with Crippen LogP contribution in [-0.2, 0) is 6.42 Å². The van der Waals surface area contributed by atoms with Crippen molar-refractivity contribution < 1.29 is 14.0 Å². The fourth-order valence-electron chi connectivity index (χ4n) is 1.96. The zero-order valence-electron chi connectivity index (χ0n) is 13.6. The maximum absolute atomic E-state index is 6.25. The largest absolute Gasteiger partial charge is 0.493 e. The Labute approximate surface area is 146 Å². The summed E-state index contributed by atoms with van der Waals surface area (Å²) in [6.45, 7) is 4.44. The molecule has 0 spiro atoms. The zero-order chi connectivity index (χ0) is 16.1. The smallest absolute Gasteiger partial charge is 0.258 e. The topological polar surface area (TPSA) is 69.4 Å². The van der Waals surface area contributed by atoms with Gasteiger partial charge in [-0.15, -0.1) is 12.4 Å². The van der Waals surface area contributed by atoms with Gasteiger partial charge in [0.15, 0.2) is 17.3 Å². The highest BCUT2D eigenvalue weighted by Crippen LogP contribution is 2.39. The van der Waals surface area contributed by atoms with E-state index in [1.54, 1.807) is 19.2 Å². The first-order chi connectivity index (χ1) is 10.6. The van der Waals surface area contributed by atoms with E-state index in [0.29, 0.717) is 46.8 Å². The molecule has 1 heterocycles. The monoisotopic (exact) mass is 361 g/mol. The van der Waals surface area contributed by atoms with E-state index in [0.717, 1.165) is 0 Å². The summed E-state index contributed by atoms with van der Waals surface area (Å²) in [6.07, 6.45) is 0.682. The fraction of sp³-hybridized carbons (Fsp3) is 0.467. The van der Waals surface area contributed by atoms with Gasteiger partial charge in [0.1, 0.15) is 0 Å². The molecule has 0 fully saturated rings. The molecule has 1 atom stereocenters. The molecule has 1 aromatic heterocycles. The highest BCUT2D eigenvalue weighted by Gasteiger charge is 2.17. The Hall–Kier alpha value is -1.50. The summed E-state index contributed by atoms with van der Waals surface area (Å²) < 4.78 is 16.1. The molecule has 0 aliphatic rings. The number of nitrogens with one attached hydrogen (secondary N) is 1. The van der Waals surface area contributed by atoms with Gasteiger partial charge >= 0.3 is 0 Å². The number of methoxy groups -OCH3 is 1. The van der Waals surface area contributed by atoms with Crippen LogP contribution in [0.1, 0.15) is 19.7 Å². The molecule has 0 bridgehead atoms. The van der Waals surface area contributed by atoms with Crippen molar-refractivity contribution in [1.29, 1.82) is 0 Å². The van der Waals surface area contributed by atoms with E-state index in [1.807, 2.05) is 20.9 Å². The summed E-state index contributed by atoms with van der Waals surface area (Å²) in [5.74, 6) is 2.09. The molecular weight excluding hydrogens is 341 g/mol. The van der Waals surface area contributed by atoms with Crippen LogP contribution in [0.5, 0.6) is 11.5 Å². The Bertz CT molecular complexity index is 634. The van der Waals surface area contributed by atoms with Gasteiger partial charge in [0.2, 0.25) is 0 Å². The van der Waals surface area contributed by atoms with Crippen molar-refractivity contribution >= 4 is 24.0 Å². The van der Waals surface area contributed by atoms with Crippen LogP contribution < -0.4 is 14.8 Å². The van der Waals surface area contributed by atoms with Crippen LogP contribution in [0, 0.1) is 0 Å². The molecule has 0 saturated heterocycles. The lowest BCUT2D eigenvalue weighted by Gasteiger charge is -2.11. The van der Waals surface area contributed by atoms with Gasteiger partial charge in [-0.25, -0.2) is 0 Å². The first-order valence-corrected chi connectivity index (χ1v) is 7.47. The van der Waals surface area contributed by atoms with Crippen molar-refractivity contribution in [2.75, 3.05) is 20.8 Å². The van der Waals surface area contributed by atoms with Crippen molar-refractivity contribution in [2.24, 2.45) is 0 Å². The lowest BCUT2D eigenvalue weighted by atomic mass is 10.2. The molecule has 0 aliphatic carbocycles. The average Bonchev–Trinajstić information content (AvgIpc) is 2.97. The highest BCUT2D eigenvalue weighted by molar-refractivity contribution is 6.32. The standard InChI is InChI=1S/C15H20ClN3O3.ClH/c1-5-21-14-11(16)7-10(8-12(14)20-4)15-18-13(19-22-15)6-9(2)17-3;/h7-9,17H,5-6H2,1-4H3;1H. The maximum Gasteiger partial charge on any atom is 0.258 e. The summed E-state index contributed by atoms with van der Waals surface area (Å²) in [5.41, 5.74) is 0.696. The van der Waals surface area contributed by atoms with Crippen LogP contribution in [0.25, 0.3) is 11.5 Å². The molecule has 128 valence electrons. The molecule has 2 rings (SSSR count). The van der Waals surface area contributed by atoms with Gasteiger partial charge in [-0.2, -0.15) is 4.98 Å². The molecule has 0 amide bonds. The summed E-state index contributed by atoms with van der Waals surface area (Å²) in [5, 5.41) is 7.56. The minimum atomic E-state index is 0. The number of hydrogen-bond acceptors (Lipinski definition) is 6. The predicted molar refractivity (Wildman–Crippen MR) is 91.9 cm³/mol. The summed E-state index contributed by atoms with van der Waals surface area (Å²) >= 11 is 6.25. The maximum atomic E-state index is 6.25. The van der Waals surface area contributed by atoms with Crippen molar-refractivity contribution in [3.63, 3.8) is 0 Å². The normalized spacial score (nSPS) is 11.7.